The van der Waals surface area contributed by atoms with Crippen LogP contribution in [-0.2, 0) is 0 Å². The molecule has 0 radical (unpaired) electrons. The van der Waals surface area contributed by atoms with E-state index in [9.17, 15) is 5.11 Å². The zero-order valence-electron chi connectivity index (χ0n) is 8.57. The van der Waals surface area contributed by atoms with Crippen LogP contribution in [0.15, 0.2) is 30.3 Å². The van der Waals surface area contributed by atoms with Crippen LogP contribution in [0.5, 0.6) is 0 Å². The number of quaternary nitrogens is 2. The number of benzene rings is 1. The van der Waals surface area contributed by atoms with Crippen LogP contribution in [0.1, 0.15) is 11.7 Å². The van der Waals surface area contributed by atoms with Gasteiger partial charge in [0.05, 0.1) is 0 Å². The number of aliphatic hydroxyl groups excluding tert-OH is 1. The van der Waals surface area contributed by atoms with Crippen molar-refractivity contribution in [2.75, 3.05) is 19.6 Å². The first-order valence-corrected chi connectivity index (χ1v) is 4.68. The van der Waals surface area contributed by atoms with Gasteiger partial charge in [0.1, 0.15) is 25.7 Å². The summed E-state index contributed by atoms with van der Waals surface area (Å²) < 4.78 is 0. The van der Waals surface area contributed by atoms with E-state index in [2.05, 4.69) is 11.1 Å². The van der Waals surface area contributed by atoms with Gasteiger partial charge in [-0.05, 0) is 5.56 Å². The van der Waals surface area contributed by atoms with Crippen molar-refractivity contribution >= 4 is 0 Å². The Kier molecular flexibility index (Phi) is 11.6. The Bertz CT molecular complexity index is 234. The Labute approximate surface area is 103 Å². The van der Waals surface area contributed by atoms with E-state index < -0.39 is 0 Å². The standard InChI is InChI=1S/C10H16N2O.2ClH/c11-6-7-12-8-10(13)9-4-2-1-3-5-9;;/h1-5,10,12-13H,6-8,11H2;2*1H. The third kappa shape index (κ3) is 6.71. The lowest BCUT2D eigenvalue weighted by atomic mass is 10.1. The van der Waals surface area contributed by atoms with E-state index >= 15 is 0 Å². The lowest BCUT2D eigenvalue weighted by molar-refractivity contribution is -0.676. The van der Waals surface area contributed by atoms with Crippen molar-refractivity contribution in [2.24, 2.45) is 0 Å². The van der Waals surface area contributed by atoms with Gasteiger partial charge >= 0.3 is 0 Å². The van der Waals surface area contributed by atoms with Crippen molar-refractivity contribution in [2.45, 2.75) is 6.10 Å². The van der Waals surface area contributed by atoms with Crippen LogP contribution in [0.25, 0.3) is 0 Å². The first-order valence-electron chi connectivity index (χ1n) is 4.68. The van der Waals surface area contributed by atoms with Crippen LogP contribution in [-0.4, -0.2) is 24.7 Å². The molecule has 0 amide bonds. The van der Waals surface area contributed by atoms with Gasteiger partial charge in [0.15, 0.2) is 0 Å². The lowest BCUT2D eigenvalue weighted by Crippen LogP contribution is -3.00. The van der Waals surface area contributed by atoms with Crippen LogP contribution in [0.2, 0.25) is 0 Å². The zero-order valence-corrected chi connectivity index (χ0v) is 10.1. The molecular weight excluding hydrogens is 235 g/mol. The van der Waals surface area contributed by atoms with E-state index in [1.54, 1.807) is 0 Å². The van der Waals surface area contributed by atoms with E-state index in [1.165, 1.54) is 0 Å². The molecule has 88 valence electrons. The van der Waals surface area contributed by atoms with E-state index in [4.69, 9.17) is 0 Å². The third-order valence-corrected chi connectivity index (χ3v) is 1.98. The van der Waals surface area contributed by atoms with Crippen LogP contribution >= 0.6 is 0 Å². The minimum Gasteiger partial charge on any atom is -1.00 e. The molecule has 0 fully saturated rings. The molecule has 6 N–H and O–H groups in total. The molecule has 0 spiro atoms. The molecule has 0 aliphatic rings. The molecule has 5 heteroatoms. The Morgan fingerprint density at radius 1 is 1.20 bits per heavy atom. The quantitative estimate of drug-likeness (QED) is 0.448. The summed E-state index contributed by atoms with van der Waals surface area (Å²) in [5.74, 6) is 0. The van der Waals surface area contributed by atoms with Gasteiger partial charge in [0.25, 0.3) is 0 Å². The van der Waals surface area contributed by atoms with Crippen molar-refractivity contribution < 1.29 is 41.0 Å². The van der Waals surface area contributed by atoms with Crippen molar-refractivity contribution in [3.63, 3.8) is 0 Å². The van der Waals surface area contributed by atoms with Crippen LogP contribution < -0.4 is 35.9 Å². The summed E-state index contributed by atoms with van der Waals surface area (Å²) in [5, 5.41) is 11.8. The predicted molar refractivity (Wildman–Crippen MR) is 50.8 cm³/mol. The van der Waals surface area contributed by atoms with Crippen molar-refractivity contribution in [1.29, 1.82) is 0 Å². The summed E-state index contributed by atoms with van der Waals surface area (Å²) >= 11 is 0. The number of rotatable bonds is 5. The van der Waals surface area contributed by atoms with Crippen LogP contribution in [0.4, 0.5) is 0 Å². The van der Waals surface area contributed by atoms with Gasteiger partial charge in [-0.1, -0.05) is 30.3 Å². The largest absolute Gasteiger partial charge is 1.00 e. The zero-order chi connectivity index (χ0) is 9.52. The summed E-state index contributed by atoms with van der Waals surface area (Å²) in [5.41, 5.74) is 4.73. The molecule has 1 rings (SSSR count). The van der Waals surface area contributed by atoms with Crippen LogP contribution in [0, 0.1) is 0 Å². The van der Waals surface area contributed by atoms with Crippen molar-refractivity contribution in [1.82, 2.24) is 0 Å². The van der Waals surface area contributed by atoms with Gasteiger partial charge in [0.2, 0.25) is 0 Å². The molecule has 0 heterocycles. The maximum absolute atomic E-state index is 9.70. The Hall–Kier alpha value is -0.320. The summed E-state index contributed by atoms with van der Waals surface area (Å²) in [6.07, 6.45) is -0.354. The molecule has 1 aromatic carbocycles. The maximum atomic E-state index is 9.70. The molecule has 0 aromatic heterocycles. The van der Waals surface area contributed by atoms with Gasteiger partial charge in [-0.3, -0.25) is 0 Å². The number of aliphatic hydroxyl groups is 1. The minimum absolute atomic E-state index is 0. The Morgan fingerprint density at radius 3 is 2.33 bits per heavy atom. The highest BCUT2D eigenvalue weighted by molar-refractivity contribution is 5.16. The Morgan fingerprint density at radius 2 is 1.80 bits per heavy atom. The number of halogens is 2. The van der Waals surface area contributed by atoms with E-state index in [1.807, 2.05) is 30.3 Å². The topological polar surface area (TPSA) is 64.5 Å². The second-order valence-electron chi connectivity index (χ2n) is 3.09. The van der Waals surface area contributed by atoms with E-state index in [0.717, 1.165) is 25.2 Å². The molecule has 1 unspecified atom stereocenters. The highest BCUT2D eigenvalue weighted by Gasteiger charge is 2.07. The molecule has 1 aromatic rings. The van der Waals surface area contributed by atoms with Gasteiger partial charge in [0, 0.05) is 0 Å². The van der Waals surface area contributed by atoms with Gasteiger partial charge in [-0.25, -0.2) is 0 Å². The van der Waals surface area contributed by atoms with Crippen molar-refractivity contribution in [3.05, 3.63) is 35.9 Å². The normalized spacial score (nSPS) is 11.1. The molecule has 0 bridgehead atoms. The second-order valence-corrected chi connectivity index (χ2v) is 3.09. The maximum Gasteiger partial charge on any atom is 0.128 e. The number of nitrogens with two attached hydrogens (primary N) is 1. The molecule has 3 nitrogen and oxygen atoms in total. The van der Waals surface area contributed by atoms with Crippen LogP contribution in [0.3, 0.4) is 0 Å². The van der Waals surface area contributed by atoms with Crippen molar-refractivity contribution in [3.8, 4) is 0 Å². The highest BCUT2D eigenvalue weighted by atomic mass is 35.5. The summed E-state index contributed by atoms with van der Waals surface area (Å²) in [7, 11) is 0. The third-order valence-electron chi connectivity index (χ3n) is 1.98. The van der Waals surface area contributed by atoms with Gasteiger partial charge < -0.3 is 41.0 Å². The summed E-state index contributed by atoms with van der Waals surface area (Å²) in [6, 6.07) is 9.74. The van der Waals surface area contributed by atoms with E-state index in [0.29, 0.717) is 0 Å². The first-order chi connectivity index (χ1) is 6.34. The summed E-state index contributed by atoms with van der Waals surface area (Å²) in [6.45, 7) is 2.60. The Balaban J connectivity index is 0. The molecular formula is C10H18Cl2N2O. The first kappa shape index (κ1) is 17.1. The number of hydrogen-bond donors (Lipinski definition) is 3. The molecule has 15 heavy (non-hydrogen) atoms. The molecule has 0 aliphatic carbocycles. The fourth-order valence-electron chi connectivity index (χ4n) is 1.23. The fraction of sp³-hybridized carbons (Fsp3) is 0.400. The molecule has 1 atom stereocenters. The minimum atomic E-state index is -0.354. The monoisotopic (exact) mass is 252 g/mol. The summed E-state index contributed by atoms with van der Waals surface area (Å²) in [4.78, 5) is 0. The van der Waals surface area contributed by atoms with Gasteiger partial charge in [-0.2, -0.15) is 0 Å². The SMILES string of the molecule is [Cl-].[Cl-].[NH3+]CC[NH2+]CC(O)c1ccccc1. The molecule has 0 aliphatic heterocycles. The van der Waals surface area contributed by atoms with Gasteiger partial charge in [-0.15, -0.1) is 0 Å². The highest BCUT2D eigenvalue weighted by Crippen LogP contribution is 2.08. The lowest BCUT2D eigenvalue weighted by Gasteiger charge is -2.08. The predicted octanol–water partition coefficient (Wildman–Crippen LogP) is -7.47. The average Bonchev–Trinajstić information content (AvgIpc) is 2.19. The molecule has 0 saturated carbocycles. The smallest absolute Gasteiger partial charge is 0.128 e. The second kappa shape index (κ2) is 10.2. The molecule has 0 saturated heterocycles. The number of hydrogen-bond acceptors (Lipinski definition) is 1. The van der Waals surface area contributed by atoms with E-state index in [-0.39, 0.29) is 30.9 Å². The fourth-order valence-corrected chi connectivity index (χ4v) is 1.23. The average molecular weight is 253 g/mol.